The zero-order valence-corrected chi connectivity index (χ0v) is 14.2. The van der Waals surface area contributed by atoms with Crippen LogP contribution in [0.2, 0.25) is 0 Å². The summed E-state index contributed by atoms with van der Waals surface area (Å²) in [5, 5.41) is 0. The van der Waals surface area contributed by atoms with Crippen molar-refractivity contribution in [1.82, 2.24) is 9.88 Å². The topological polar surface area (TPSA) is 34.6 Å². The Morgan fingerprint density at radius 1 is 1.39 bits per heavy atom. The highest BCUT2D eigenvalue weighted by molar-refractivity contribution is 5.10. The van der Waals surface area contributed by atoms with E-state index >= 15 is 0 Å². The third-order valence-corrected chi connectivity index (χ3v) is 5.39. The van der Waals surface area contributed by atoms with E-state index < -0.39 is 0 Å². The predicted molar refractivity (Wildman–Crippen MR) is 89.2 cm³/mol. The van der Waals surface area contributed by atoms with E-state index in [-0.39, 0.29) is 5.60 Å². The van der Waals surface area contributed by atoms with E-state index in [1.54, 1.807) is 0 Å². The van der Waals surface area contributed by atoms with Crippen molar-refractivity contribution in [2.45, 2.75) is 57.3 Å². The lowest BCUT2D eigenvalue weighted by molar-refractivity contribution is -0.0549. The molecule has 126 valence electrons. The van der Waals surface area contributed by atoms with E-state index in [1.165, 1.54) is 31.4 Å². The zero-order chi connectivity index (χ0) is 15.7. The number of likely N-dealkylation sites (tertiary alicyclic amines) is 1. The van der Waals surface area contributed by atoms with Crippen molar-refractivity contribution in [1.29, 1.82) is 0 Å². The van der Waals surface area contributed by atoms with Crippen molar-refractivity contribution in [2.75, 3.05) is 26.3 Å². The van der Waals surface area contributed by atoms with Gasteiger partial charge in [-0.25, -0.2) is 0 Å². The Labute approximate surface area is 139 Å². The maximum absolute atomic E-state index is 6.25. The summed E-state index contributed by atoms with van der Waals surface area (Å²) in [7, 11) is 0. The molecule has 1 saturated carbocycles. The molecular weight excluding hydrogens is 288 g/mol. The lowest BCUT2D eigenvalue weighted by Gasteiger charge is -2.39. The normalized spacial score (nSPS) is 31.8. The van der Waals surface area contributed by atoms with Crippen molar-refractivity contribution in [2.24, 2.45) is 5.92 Å². The summed E-state index contributed by atoms with van der Waals surface area (Å²) in [6, 6.07) is 6.29. The minimum atomic E-state index is 0.0241. The molecule has 3 fully saturated rings. The quantitative estimate of drug-likeness (QED) is 0.836. The van der Waals surface area contributed by atoms with Gasteiger partial charge in [-0.15, -0.1) is 0 Å². The van der Waals surface area contributed by atoms with Crippen molar-refractivity contribution in [3.63, 3.8) is 0 Å². The number of hydrogen-bond acceptors (Lipinski definition) is 4. The summed E-state index contributed by atoms with van der Waals surface area (Å²) in [5.41, 5.74) is 2.29. The molecule has 1 aromatic heterocycles. The van der Waals surface area contributed by atoms with Gasteiger partial charge in [0.05, 0.1) is 24.0 Å². The lowest BCUT2D eigenvalue weighted by Crippen LogP contribution is -2.47. The van der Waals surface area contributed by atoms with Gasteiger partial charge in [0, 0.05) is 31.8 Å². The molecule has 3 aliphatic rings. The summed E-state index contributed by atoms with van der Waals surface area (Å²) < 4.78 is 12.3. The second kappa shape index (κ2) is 6.50. The SMILES string of the molecule is Cc1cccc(CN2CCCC3(CC(OCC4CC4)CO3)C2)n1. The molecular formula is C19H28N2O2. The Balaban J connectivity index is 1.33. The number of ether oxygens (including phenoxy) is 2. The fourth-order valence-corrected chi connectivity index (χ4v) is 3.99. The number of nitrogens with zero attached hydrogens (tertiary/aromatic N) is 2. The summed E-state index contributed by atoms with van der Waals surface area (Å²) >= 11 is 0. The van der Waals surface area contributed by atoms with Gasteiger partial charge in [-0.2, -0.15) is 0 Å². The van der Waals surface area contributed by atoms with Crippen LogP contribution in [0.3, 0.4) is 0 Å². The summed E-state index contributed by atoms with van der Waals surface area (Å²) in [6.07, 6.45) is 6.48. The van der Waals surface area contributed by atoms with Gasteiger partial charge in [-0.1, -0.05) is 6.07 Å². The van der Waals surface area contributed by atoms with E-state index in [9.17, 15) is 0 Å². The van der Waals surface area contributed by atoms with Crippen LogP contribution < -0.4 is 0 Å². The van der Waals surface area contributed by atoms with Crippen LogP contribution in [0.5, 0.6) is 0 Å². The van der Waals surface area contributed by atoms with Gasteiger partial charge in [0.2, 0.25) is 0 Å². The molecule has 0 bridgehead atoms. The number of piperidine rings is 1. The fraction of sp³-hybridized carbons (Fsp3) is 0.737. The molecule has 2 saturated heterocycles. The van der Waals surface area contributed by atoms with E-state index in [2.05, 4.69) is 35.0 Å². The molecule has 0 radical (unpaired) electrons. The van der Waals surface area contributed by atoms with E-state index in [0.29, 0.717) is 6.10 Å². The number of aromatic nitrogens is 1. The largest absolute Gasteiger partial charge is 0.375 e. The highest BCUT2D eigenvalue weighted by Crippen LogP contribution is 2.37. The molecule has 23 heavy (non-hydrogen) atoms. The van der Waals surface area contributed by atoms with Crippen LogP contribution in [0.1, 0.15) is 43.5 Å². The molecule has 1 aromatic rings. The summed E-state index contributed by atoms with van der Waals surface area (Å²) in [6.45, 7) is 6.88. The Morgan fingerprint density at radius 3 is 3.13 bits per heavy atom. The van der Waals surface area contributed by atoms with E-state index in [0.717, 1.165) is 50.9 Å². The molecule has 0 aromatic carbocycles. The maximum Gasteiger partial charge on any atom is 0.0836 e. The number of aryl methyl sites for hydroxylation is 1. The average molecular weight is 316 g/mol. The first-order valence-electron chi connectivity index (χ1n) is 9.11. The highest BCUT2D eigenvalue weighted by atomic mass is 16.6. The number of pyridine rings is 1. The summed E-state index contributed by atoms with van der Waals surface area (Å²) in [4.78, 5) is 7.15. The van der Waals surface area contributed by atoms with Gasteiger partial charge in [0.25, 0.3) is 0 Å². The van der Waals surface area contributed by atoms with Gasteiger partial charge < -0.3 is 9.47 Å². The molecule has 0 N–H and O–H groups in total. The van der Waals surface area contributed by atoms with Gasteiger partial charge in [0.1, 0.15) is 0 Å². The maximum atomic E-state index is 6.25. The van der Waals surface area contributed by atoms with Crippen LogP contribution >= 0.6 is 0 Å². The molecule has 0 amide bonds. The Bertz CT molecular complexity index is 546. The molecule has 4 heteroatoms. The monoisotopic (exact) mass is 316 g/mol. The molecule has 1 aliphatic carbocycles. The Morgan fingerprint density at radius 2 is 2.30 bits per heavy atom. The molecule has 2 unspecified atom stereocenters. The average Bonchev–Trinajstić information content (AvgIpc) is 3.28. The third kappa shape index (κ3) is 3.93. The lowest BCUT2D eigenvalue weighted by atomic mass is 9.89. The Kier molecular flexibility index (Phi) is 4.39. The number of hydrogen-bond donors (Lipinski definition) is 0. The van der Waals surface area contributed by atoms with Gasteiger partial charge in [-0.05, 0) is 57.2 Å². The molecule has 2 atom stereocenters. The molecule has 4 rings (SSSR count). The van der Waals surface area contributed by atoms with Crippen LogP contribution in [0.15, 0.2) is 18.2 Å². The molecule has 1 spiro atoms. The van der Waals surface area contributed by atoms with Crippen LogP contribution in [-0.2, 0) is 16.0 Å². The first-order chi connectivity index (χ1) is 11.2. The second-order valence-electron chi connectivity index (χ2n) is 7.68. The van der Waals surface area contributed by atoms with Crippen LogP contribution in [0.25, 0.3) is 0 Å². The summed E-state index contributed by atoms with van der Waals surface area (Å²) in [5.74, 6) is 0.835. The van der Waals surface area contributed by atoms with E-state index in [4.69, 9.17) is 9.47 Å². The minimum Gasteiger partial charge on any atom is -0.375 e. The van der Waals surface area contributed by atoms with Crippen LogP contribution in [0.4, 0.5) is 0 Å². The fourth-order valence-electron chi connectivity index (χ4n) is 3.99. The van der Waals surface area contributed by atoms with Gasteiger partial charge >= 0.3 is 0 Å². The smallest absolute Gasteiger partial charge is 0.0836 e. The van der Waals surface area contributed by atoms with Crippen molar-refractivity contribution in [3.8, 4) is 0 Å². The van der Waals surface area contributed by atoms with Crippen molar-refractivity contribution >= 4 is 0 Å². The molecule has 4 nitrogen and oxygen atoms in total. The number of rotatable bonds is 5. The van der Waals surface area contributed by atoms with Crippen LogP contribution in [-0.4, -0.2) is 47.9 Å². The minimum absolute atomic E-state index is 0.0241. The van der Waals surface area contributed by atoms with E-state index in [1.807, 2.05) is 0 Å². The Hall–Kier alpha value is -0.970. The van der Waals surface area contributed by atoms with Crippen molar-refractivity contribution in [3.05, 3.63) is 29.6 Å². The second-order valence-corrected chi connectivity index (χ2v) is 7.68. The highest BCUT2D eigenvalue weighted by Gasteiger charge is 2.44. The van der Waals surface area contributed by atoms with Crippen LogP contribution in [0, 0.1) is 12.8 Å². The molecule has 3 heterocycles. The standard InChI is InChI=1S/C19H28N2O2/c1-15-4-2-5-17(20-15)11-21-9-3-8-19(14-21)10-18(13-23-19)22-12-16-6-7-16/h2,4-5,16,18H,3,6-14H2,1H3. The third-order valence-electron chi connectivity index (χ3n) is 5.39. The van der Waals surface area contributed by atoms with Gasteiger partial charge in [0.15, 0.2) is 0 Å². The van der Waals surface area contributed by atoms with Gasteiger partial charge in [-0.3, -0.25) is 9.88 Å². The first kappa shape index (κ1) is 15.6. The van der Waals surface area contributed by atoms with Crippen molar-refractivity contribution < 1.29 is 9.47 Å². The zero-order valence-electron chi connectivity index (χ0n) is 14.2. The first-order valence-corrected chi connectivity index (χ1v) is 9.11. The molecule has 2 aliphatic heterocycles. The predicted octanol–water partition coefficient (Wildman–Crippen LogP) is 2.94.